The number of rotatable bonds is 4. The molecular formula is C14H21N3O. The van der Waals surface area contributed by atoms with Gasteiger partial charge in [0.15, 0.2) is 0 Å². The Bertz CT molecular complexity index is 380. The number of hydrogen-bond donors (Lipinski definition) is 3. The number of aliphatic hydroxyl groups is 1. The average molecular weight is 247 g/mol. The number of likely N-dealkylation sites (tertiary alicyclic amines) is 1. The van der Waals surface area contributed by atoms with Crippen molar-refractivity contribution in [2.45, 2.75) is 24.7 Å². The third-order valence-electron chi connectivity index (χ3n) is 3.92. The van der Waals surface area contributed by atoms with Crippen LogP contribution < -0.4 is 10.6 Å². The van der Waals surface area contributed by atoms with Gasteiger partial charge in [-0.15, -0.1) is 0 Å². The van der Waals surface area contributed by atoms with Gasteiger partial charge >= 0.3 is 0 Å². The van der Waals surface area contributed by atoms with Gasteiger partial charge in [0.2, 0.25) is 0 Å². The van der Waals surface area contributed by atoms with Crippen molar-refractivity contribution in [2.24, 2.45) is 0 Å². The van der Waals surface area contributed by atoms with Crippen molar-refractivity contribution >= 4 is 0 Å². The minimum atomic E-state index is -0.461. The number of nitrogens with zero attached hydrogens (tertiary/aromatic N) is 1. The normalized spacial score (nSPS) is 27.1. The topological polar surface area (TPSA) is 47.5 Å². The lowest BCUT2D eigenvalue weighted by Gasteiger charge is -2.31. The first-order chi connectivity index (χ1) is 8.83. The van der Waals surface area contributed by atoms with Crippen LogP contribution in [0, 0.1) is 0 Å². The van der Waals surface area contributed by atoms with Gasteiger partial charge in [0, 0.05) is 38.3 Å². The van der Waals surface area contributed by atoms with Crippen LogP contribution in [-0.4, -0.2) is 48.3 Å². The van der Waals surface area contributed by atoms with E-state index in [4.69, 9.17) is 0 Å². The zero-order valence-electron chi connectivity index (χ0n) is 10.5. The molecule has 1 aromatic rings. The molecule has 0 radical (unpaired) electrons. The van der Waals surface area contributed by atoms with Crippen molar-refractivity contribution in [3.05, 3.63) is 35.9 Å². The molecule has 0 aliphatic carbocycles. The number of nitrogens with one attached hydrogen (secondary N) is 2. The summed E-state index contributed by atoms with van der Waals surface area (Å²) < 4.78 is 0. The van der Waals surface area contributed by atoms with E-state index in [9.17, 15) is 5.11 Å². The fourth-order valence-corrected chi connectivity index (χ4v) is 2.72. The fourth-order valence-electron chi connectivity index (χ4n) is 2.72. The molecular weight excluding hydrogens is 226 g/mol. The Labute approximate surface area is 108 Å². The van der Waals surface area contributed by atoms with E-state index in [1.165, 1.54) is 0 Å². The highest BCUT2D eigenvalue weighted by atomic mass is 16.3. The third kappa shape index (κ3) is 2.57. The van der Waals surface area contributed by atoms with E-state index >= 15 is 0 Å². The molecule has 2 heterocycles. The van der Waals surface area contributed by atoms with Gasteiger partial charge in [0.1, 0.15) is 6.23 Å². The summed E-state index contributed by atoms with van der Waals surface area (Å²) in [5, 5.41) is 17.2. The summed E-state index contributed by atoms with van der Waals surface area (Å²) >= 11 is 0. The second-order valence-electron chi connectivity index (χ2n) is 5.29. The molecule has 1 aromatic carbocycles. The second-order valence-corrected chi connectivity index (χ2v) is 5.29. The predicted octanol–water partition coefficient (Wildman–Crippen LogP) is 0.313. The van der Waals surface area contributed by atoms with Crippen molar-refractivity contribution in [3.63, 3.8) is 0 Å². The first kappa shape index (κ1) is 12.1. The van der Waals surface area contributed by atoms with Crippen LogP contribution in [-0.2, 0) is 0 Å². The second kappa shape index (κ2) is 5.36. The van der Waals surface area contributed by atoms with Crippen LogP contribution in [0.25, 0.3) is 0 Å². The van der Waals surface area contributed by atoms with E-state index in [1.807, 2.05) is 30.3 Å². The minimum Gasteiger partial charge on any atom is -0.374 e. The molecule has 3 rings (SSSR count). The van der Waals surface area contributed by atoms with Gasteiger partial charge in [-0.1, -0.05) is 30.3 Å². The average Bonchev–Trinajstić information content (AvgIpc) is 2.83. The molecule has 3 N–H and O–H groups in total. The molecule has 4 heteroatoms. The Balaban J connectivity index is 1.54. The van der Waals surface area contributed by atoms with Gasteiger partial charge in [0.05, 0.1) is 0 Å². The standard InChI is InChI=1S/C14H21N3O/c18-14(11-4-2-1-3-5-11)17-7-6-12(10-17)16-13-8-15-9-13/h1-5,12-16,18H,6-10H2. The van der Waals surface area contributed by atoms with Gasteiger partial charge in [-0.25, -0.2) is 0 Å². The molecule has 98 valence electrons. The zero-order valence-corrected chi connectivity index (χ0v) is 10.5. The molecule has 0 bridgehead atoms. The summed E-state index contributed by atoms with van der Waals surface area (Å²) in [4.78, 5) is 2.15. The first-order valence-corrected chi connectivity index (χ1v) is 6.77. The third-order valence-corrected chi connectivity index (χ3v) is 3.92. The Morgan fingerprint density at radius 3 is 2.67 bits per heavy atom. The van der Waals surface area contributed by atoms with Crippen LogP contribution >= 0.6 is 0 Å². The highest BCUT2D eigenvalue weighted by Crippen LogP contribution is 2.22. The van der Waals surface area contributed by atoms with E-state index in [1.54, 1.807) is 0 Å². The smallest absolute Gasteiger partial charge is 0.133 e. The van der Waals surface area contributed by atoms with E-state index in [0.717, 1.165) is 38.2 Å². The van der Waals surface area contributed by atoms with Crippen molar-refractivity contribution in [1.29, 1.82) is 0 Å². The Kier molecular flexibility index (Phi) is 3.61. The summed E-state index contributed by atoms with van der Waals surface area (Å²) in [6.45, 7) is 4.07. The first-order valence-electron chi connectivity index (χ1n) is 6.77. The monoisotopic (exact) mass is 247 g/mol. The van der Waals surface area contributed by atoms with Crippen molar-refractivity contribution < 1.29 is 5.11 Å². The Morgan fingerprint density at radius 2 is 2.00 bits per heavy atom. The molecule has 0 amide bonds. The van der Waals surface area contributed by atoms with Crippen molar-refractivity contribution in [2.75, 3.05) is 26.2 Å². The van der Waals surface area contributed by atoms with E-state index < -0.39 is 6.23 Å². The van der Waals surface area contributed by atoms with E-state index in [2.05, 4.69) is 15.5 Å². The zero-order chi connectivity index (χ0) is 12.4. The molecule has 2 atom stereocenters. The number of hydrogen-bond acceptors (Lipinski definition) is 4. The SMILES string of the molecule is OC(c1ccccc1)N1CCC(NC2CNC2)C1. The van der Waals surface area contributed by atoms with Gasteiger partial charge in [-0.3, -0.25) is 4.90 Å². The largest absolute Gasteiger partial charge is 0.374 e. The highest BCUT2D eigenvalue weighted by molar-refractivity contribution is 5.17. The van der Waals surface area contributed by atoms with Crippen LogP contribution in [0.1, 0.15) is 18.2 Å². The Hall–Kier alpha value is -0.940. The highest BCUT2D eigenvalue weighted by Gasteiger charge is 2.30. The number of benzene rings is 1. The summed E-state index contributed by atoms with van der Waals surface area (Å²) in [5.74, 6) is 0. The van der Waals surface area contributed by atoms with Crippen LogP contribution in [0.5, 0.6) is 0 Å². The summed E-state index contributed by atoms with van der Waals surface area (Å²) in [6.07, 6.45) is 0.665. The molecule has 2 aliphatic heterocycles. The fraction of sp³-hybridized carbons (Fsp3) is 0.571. The van der Waals surface area contributed by atoms with Gasteiger partial charge in [-0.05, 0) is 12.0 Å². The molecule has 0 aromatic heterocycles. The maximum absolute atomic E-state index is 10.3. The quantitative estimate of drug-likeness (QED) is 0.717. The van der Waals surface area contributed by atoms with E-state index in [-0.39, 0.29) is 0 Å². The minimum absolute atomic E-state index is 0.461. The molecule has 2 unspecified atom stereocenters. The van der Waals surface area contributed by atoms with Crippen LogP contribution in [0.3, 0.4) is 0 Å². The molecule has 2 fully saturated rings. The van der Waals surface area contributed by atoms with Crippen LogP contribution in [0.15, 0.2) is 30.3 Å². The maximum atomic E-state index is 10.3. The van der Waals surface area contributed by atoms with Crippen molar-refractivity contribution in [1.82, 2.24) is 15.5 Å². The maximum Gasteiger partial charge on any atom is 0.133 e. The lowest BCUT2D eigenvalue weighted by Crippen LogP contribution is -2.58. The molecule has 2 aliphatic rings. The summed E-state index contributed by atoms with van der Waals surface area (Å²) in [5.41, 5.74) is 0.989. The lowest BCUT2D eigenvalue weighted by molar-refractivity contribution is 0.0171. The molecule has 0 spiro atoms. The lowest BCUT2D eigenvalue weighted by atomic mass is 10.1. The molecule has 2 saturated heterocycles. The van der Waals surface area contributed by atoms with E-state index in [0.29, 0.717) is 12.1 Å². The predicted molar refractivity (Wildman–Crippen MR) is 71.2 cm³/mol. The summed E-state index contributed by atoms with van der Waals surface area (Å²) in [7, 11) is 0. The van der Waals surface area contributed by atoms with Crippen molar-refractivity contribution in [3.8, 4) is 0 Å². The molecule has 4 nitrogen and oxygen atoms in total. The summed E-state index contributed by atoms with van der Waals surface area (Å²) in [6, 6.07) is 11.1. The van der Waals surface area contributed by atoms with Gasteiger partial charge < -0.3 is 15.7 Å². The van der Waals surface area contributed by atoms with Gasteiger partial charge in [-0.2, -0.15) is 0 Å². The Morgan fingerprint density at radius 1 is 1.22 bits per heavy atom. The van der Waals surface area contributed by atoms with Gasteiger partial charge in [0.25, 0.3) is 0 Å². The van der Waals surface area contributed by atoms with Crippen LogP contribution in [0.4, 0.5) is 0 Å². The van der Waals surface area contributed by atoms with Crippen LogP contribution in [0.2, 0.25) is 0 Å². The molecule has 18 heavy (non-hydrogen) atoms. The molecule has 0 saturated carbocycles. The number of aliphatic hydroxyl groups excluding tert-OH is 1.